The zero-order chi connectivity index (χ0) is 38.6. The molecule has 0 spiro atoms. The minimum absolute atomic E-state index is 0.0645. The fraction of sp³-hybridized carbons (Fsp3) is 0.930. The van der Waals surface area contributed by atoms with Gasteiger partial charge in [-0.2, -0.15) is 0 Å². The Morgan fingerprint density at radius 1 is 0.635 bits per heavy atom. The first-order valence-corrected chi connectivity index (χ1v) is 23.6. The first kappa shape index (κ1) is 51.2. The number of phosphoric ester groups is 1. The Bertz CT molecular complexity index is 865. The average molecular weight is 760 g/mol. The molecule has 0 aliphatic rings. The molecular formula is C43H88N2O6P+. The summed E-state index contributed by atoms with van der Waals surface area (Å²) in [4.78, 5) is 23.1. The number of likely N-dealkylation sites (N-methyl/N-ethyl adjacent to an activating group) is 1. The van der Waals surface area contributed by atoms with Crippen molar-refractivity contribution in [2.75, 3.05) is 40.9 Å². The first-order valence-electron chi connectivity index (χ1n) is 22.1. The van der Waals surface area contributed by atoms with Gasteiger partial charge < -0.3 is 19.8 Å². The monoisotopic (exact) mass is 760 g/mol. The van der Waals surface area contributed by atoms with Gasteiger partial charge >= 0.3 is 7.82 Å². The molecular weight excluding hydrogens is 671 g/mol. The topological polar surface area (TPSA) is 105 Å². The smallest absolute Gasteiger partial charge is 0.387 e. The SMILES string of the molecule is CCCCCCCCCCCC/C=C/C(O)C(COP(=O)(O)OCC[N+](C)(C)C)NC(=O)CCCCCCCCCCCCCCCCCCCC. The van der Waals surface area contributed by atoms with Crippen molar-refractivity contribution in [1.29, 1.82) is 0 Å². The number of aliphatic hydroxyl groups excluding tert-OH is 1. The van der Waals surface area contributed by atoms with Crippen LogP contribution >= 0.6 is 7.82 Å². The number of nitrogens with zero attached hydrogens (tertiary/aromatic N) is 1. The number of allylic oxidation sites excluding steroid dienone is 1. The Labute approximate surface area is 322 Å². The maximum absolute atomic E-state index is 12.8. The number of carbonyl (C=O) groups is 1. The first-order chi connectivity index (χ1) is 25.0. The molecule has 52 heavy (non-hydrogen) atoms. The number of amides is 1. The number of carbonyl (C=O) groups excluding carboxylic acids is 1. The molecule has 0 heterocycles. The minimum Gasteiger partial charge on any atom is -0.387 e. The van der Waals surface area contributed by atoms with Gasteiger partial charge in [0.05, 0.1) is 39.9 Å². The Morgan fingerprint density at radius 2 is 1.02 bits per heavy atom. The largest absolute Gasteiger partial charge is 0.472 e. The third-order valence-corrected chi connectivity index (χ3v) is 11.0. The van der Waals surface area contributed by atoms with Crippen LogP contribution in [-0.2, 0) is 18.4 Å². The zero-order valence-electron chi connectivity index (χ0n) is 35.1. The minimum atomic E-state index is -4.33. The lowest BCUT2D eigenvalue weighted by atomic mass is 10.0. The van der Waals surface area contributed by atoms with Crippen LogP contribution in [0.5, 0.6) is 0 Å². The molecule has 0 aromatic rings. The molecule has 0 aliphatic carbocycles. The Kier molecular flexibility index (Phi) is 35.4. The number of nitrogens with one attached hydrogen (secondary N) is 1. The maximum Gasteiger partial charge on any atom is 0.472 e. The lowest BCUT2D eigenvalue weighted by Gasteiger charge is -2.25. The maximum atomic E-state index is 12.8. The van der Waals surface area contributed by atoms with Gasteiger partial charge in [0, 0.05) is 6.42 Å². The summed E-state index contributed by atoms with van der Waals surface area (Å²) in [6.45, 7) is 4.82. The highest BCUT2D eigenvalue weighted by molar-refractivity contribution is 7.47. The van der Waals surface area contributed by atoms with E-state index in [1.54, 1.807) is 6.08 Å². The summed E-state index contributed by atoms with van der Waals surface area (Å²) in [5, 5.41) is 13.8. The summed E-state index contributed by atoms with van der Waals surface area (Å²) in [7, 11) is 1.58. The molecule has 3 N–H and O–H groups in total. The molecule has 0 saturated carbocycles. The van der Waals surface area contributed by atoms with Crippen molar-refractivity contribution in [1.82, 2.24) is 5.32 Å². The molecule has 0 fully saturated rings. The number of aliphatic hydroxyl groups is 1. The molecule has 0 rings (SSSR count). The van der Waals surface area contributed by atoms with Gasteiger partial charge in [-0.15, -0.1) is 0 Å². The van der Waals surface area contributed by atoms with Gasteiger partial charge in [-0.1, -0.05) is 193 Å². The number of quaternary nitrogens is 1. The number of unbranched alkanes of at least 4 members (excludes halogenated alkanes) is 27. The molecule has 3 unspecified atom stereocenters. The predicted molar refractivity (Wildman–Crippen MR) is 222 cm³/mol. The Balaban J connectivity index is 4.35. The Morgan fingerprint density at radius 3 is 1.42 bits per heavy atom. The second-order valence-electron chi connectivity index (χ2n) is 16.4. The van der Waals surface area contributed by atoms with Gasteiger partial charge in [-0.3, -0.25) is 13.8 Å². The number of phosphoric acid groups is 1. The van der Waals surface area contributed by atoms with Crippen LogP contribution < -0.4 is 5.32 Å². The molecule has 0 radical (unpaired) electrons. The second kappa shape index (κ2) is 35.9. The van der Waals surface area contributed by atoms with E-state index >= 15 is 0 Å². The fourth-order valence-corrected chi connectivity index (χ4v) is 7.19. The van der Waals surface area contributed by atoms with E-state index in [1.807, 2.05) is 27.2 Å². The molecule has 310 valence electrons. The zero-order valence-corrected chi connectivity index (χ0v) is 36.0. The van der Waals surface area contributed by atoms with E-state index in [4.69, 9.17) is 9.05 Å². The molecule has 0 aliphatic heterocycles. The van der Waals surface area contributed by atoms with Crippen LogP contribution in [0.3, 0.4) is 0 Å². The van der Waals surface area contributed by atoms with E-state index in [-0.39, 0.29) is 19.1 Å². The van der Waals surface area contributed by atoms with Crippen LogP contribution in [-0.4, -0.2) is 73.4 Å². The summed E-state index contributed by atoms with van der Waals surface area (Å²) in [6.07, 6.45) is 39.9. The quantitative estimate of drug-likeness (QED) is 0.0249. The van der Waals surface area contributed by atoms with Gasteiger partial charge in [0.15, 0.2) is 0 Å². The number of hydrogen-bond donors (Lipinski definition) is 3. The van der Waals surface area contributed by atoms with Crippen molar-refractivity contribution in [3.63, 3.8) is 0 Å². The predicted octanol–water partition coefficient (Wildman–Crippen LogP) is 12.0. The van der Waals surface area contributed by atoms with E-state index in [2.05, 4.69) is 19.2 Å². The van der Waals surface area contributed by atoms with E-state index in [1.165, 1.54) is 148 Å². The highest BCUT2D eigenvalue weighted by atomic mass is 31.2. The molecule has 0 bridgehead atoms. The Hall–Kier alpha value is -0.760. The molecule has 8 nitrogen and oxygen atoms in total. The van der Waals surface area contributed by atoms with Crippen LogP contribution in [0.4, 0.5) is 0 Å². The normalized spacial score (nSPS) is 14.5. The summed E-state index contributed by atoms with van der Waals surface area (Å²) < 4.78 is 23.5. The van der Waals surface area contributed by atoms with E-state index in [0.29, 0.717) is 17.4 Å². The lowest BCUT2D eigenvalue weighted by molar-refractivity contribution is -0.870. The third-order valence-electron chi connectivity index (χ3n) is 10.0. The van der Waals surface area contributed by atoms with Crippen LogP contribution in [0, 0.1) is 0 Å². The van der Waals surface area contributed by atoms with Crippen molar-refractivity contribution >= 4 is 13.7 Å². The molecule has 0 aromatic carbocycles. The fourth-order valence-electron chi connectivity index (χ4n) is 6.45. The van der Waals surface area contributed by atoms with Crippen molar-refractivity contribution in [3.05, 3.63) is 12.2 Å². The van der Waals surface area contributed by atoms with Crippen molar-refractivity contribution < 1.29 is 32.9 Å². The molecule has 9 heteroatoms. The average Bonchev–Trinajstić information content (AvgIpc) is 3.09. The van der Waals surface area contributed by atoms with Crippen LogP contribution in [0.15, 0.2) is 12.2 Å². The van der Waals surface area contributed by atoms with Gasteiger partial charge in [0.1, 0.15) is 13.2 Å². The molecule has 1 amide bonds. The van der Waals surface area contributed by atoms with Crippen molar-refractivity contribution in [3.8, 4) is 0 Å². The molecule has 0 saturated heterocycles. The summed E-state index contributed by atoms with van der Waals surface area (Å²) in [6, 6.07) is -0.838. The van der Waals surface area contributed by atoms with Crippen LogP contribution in [0.1, 0.15) is 206 Å². The van der Waals surface area contributed by atoms with E-state index in [0.717, 1.165) is 38.5 Å². The molecule has 0 aromatic heterocycles. The lowest BCUT2D eigenvalue weighted by Crippen LogP contribution is -2.45. The highest BCUT2D eigenvalue weighted by Gasteiger charge is 2.27. The summed E-state index contributed by atoms with van der Waals surface area (Å²) >= 11 is 0. The van der Waals surface area contributed by atoms with Gasteiger partial charge in [0.25, 0.3) is 0 Å². The summed E-state index contributed by atoms with van der Waals surface area (Å²) in [5.41, 5.74) is 0. The number of hydrogen-bond acceptors (Lipinski definition) is 5. The van der Waals surface area contributed by atoms with Crippen molar-refractivity contribution in [2.45, 2.75) is 219 Å². The van der Waals surface area contributed by atoms with Crippen LogP contribution in [0.25, 0.3) is 0 Å². The van der Waals surface area contributed by atoms with Gasteiger partial charge in [-0.05, 0) is 19.3 Å². The van der Waals surface area contributed by atoms with Crippen LogP contribution in [0.2, 0.25) is 0 Å². The van der Waals surface area contributed by atoms with Gasteiger partial charge in [0.2, 0.25) is 5.91 Å². The van der Waals surface area contributed by atoms with Gasteiger partial charge in [-0.25, -0.2) is 4.57 Å². The van der Waals surface area contributed by atoms with Crippen molar-refractivity contribution in [2.24, 2.45) is 0 Å². The van der Waals surface area contributed by atoms with E-state index < -0.39 is 20.0 Å². The third kappa shape index (κ3) is 37.6. The standard InChI is InChI=1S/C43H87N2O6P/c1-6-8-10-12-14-16-18-20-21-22-23-24-25-27-29-31-33-35-37-43(47)44-41(40-51-52(48,49)50-39-38-45(3,4)5)42(46)36-34-32-30-28-26-19-17-15-13-11-9-7-2/h34,36,41-42,46H,6-33,35,37-40H2,1-5H3,(H-,44,47,48,49)/p+1/b36-34+. The summed E-state index contributed by atoms with van der Waals surface area (Å²) in [5.74, 6) is -0.175. The van der Waals surface area contributed by atoms with E-state index in [9.17, 15) is 19.4 Å². The highest BCUT2D eigenvalue weighted by Crippen LogP contribution is 2.43. The second-order valence-corrected chi connectivity index (χ2v) is 17.9. The molecule has 3 atom stereocenters. The number of rotatable bonds is 40.